The molecule has 0 aliphatic carbocycles. The number of hydrogen-bond donors (Lipinski definition) is 2. The normalized spacial score (nSPS) is 11.7. The van der Waals surface area contributed by atoms with E-state index >= 15 is 0 Å². The SMILES string of the molecule is CCOc1ccc(CCNC(=O)C(O)c2ccc(Cl)c(Cl)c2)cc1OC. The fraction of sp³-hybridized carbons (Fsp3) is 0.316. The molecule has 0 aliphatic heterocycles. The number of benzene rings is 2. The molecule has 1 amide bonds. The number of aliphatic hydroxyl groups is 1. The molecule has 2 aromatic carbocycles. The monoisotopic (exact) mass is 397 g/mol. The van der Waals surface area contributed by atoms with Crippen LogP contribution >= 0.6 is 23.2 Å². The van der Waals surface area contributed by atoms with Crippen molar-refractivity contribution in [3.8, 4) is 11.5 Å². The zero-order valence-corrected chi connectivity index (χ0v) is 16.1. The first-order chi connectivity index (χ1) is 12.5. The van der Waals surface area contributed by atoms with Crippen molar-refractivity contribution in [1.82, 2.24) is 5.32 Å². The van der Waals surface area contributed by atoms with E-state index in [1.807, 2.05) is 25.1 Å². The molecule has 0 radical (unpaired) electrons. The van der Waals surface area contributed by atoms with Gasteiger partial charge in [-0.15, -0.1) is 0 Å². The number of hydrogen-bond acceptors (Lipinski definition) is 4. The van der Waals surface area contributed by atoms with Gasteiger partial charge in [0.1, 0.15) is 0 Å². The predicted molar refractivity (Wildman–Crippen MR) is 102 cm³/mol. The molecule has 1 atom stereocenters. The average Bonchev–Trinajstić information content (AvgIpc) is 2.64. The van der Waals surface area contributed by atoms with Crippen LogP contribution in [-0.2, 0) is 11.2 Å². The summed E-state index contributed by atoms with van der Waals surface area (Å²) in [6.07, 6.45) is -0.720. The van der Waals surface area contributed by atoms with Gasteiger partial charge >= 0.3 is 0 Å². The summed E-state index contributed by atoms with van der Waals surface area (Å²) in [5, 5.41) is 13.5. The molecule has 0 saturated carbocycles. The molecule has 0 fully saturated rings. The maximum Gasteiger partial charge on any atom is 0.253 e. The summed E-state index contributed by atoms with van der Waals surface area (Å²) in [6.45, 7) is 2.83. The molecule has 0 heterocycles. The number of aliphatic hydroxyl groups excluding tert-OH is 1. The van der Waals surface area contributed by atoms with E-state index in [-0.39, 0.29) is 5.02 Å². The Bertz CT molecular complexity index is 767. The lowest BCUT2D eigenvalue weighted by molar-refractivity contribution is -0.129. The summed E-state index contributed by atoms with van der Waals surface area (Å²) < 4.78 is 10.8. The van der Waals surface area contributed by atoms with E-state index in [4.69, 9.17) is 32.7 Å². The minimum absolute atomic E-state index is 0.289. The summed E-state index contributed by atoms with van der Waals surface area (Å²) in [4.78, 5) is 12.1. The molecule has 2 N–H and O–H groups in total. The van der Waals surface area contributed by atoms with Crippen LogP contribution in [0.3, 0.4) is 0 Å². The van der Waals surface area contributed by atoms with E-state index in [9.17, 15) is 9.90 Å². The minimum atomic E-state index is -1.31. The number of carbonyl (C=O) groups excluding carboxylic acids is 1. The van der Waals surface area contributed by atoms with E-state index in [1.54, 1.807) is 19.2 Å². The highest BCUT2D eigenvalue weighted by Crippen LogP contribution is 2.28. The van der Waals surface area contributed by atoms with Gasteiger partial charge in [-0.3, -0.25) is 4.79 Å². The Morgan fingerprint density at radius 1 is 1.15 bits per heavy atom. The van der Waals surface area contributed by atoms with E-state index in [0.717, 1.165) is 5.56 Å². The molecule has 2 aromatic rings. The van der Waals surface area contributed by atoms with Gasteiger partial charge in [-0.1, -0.05) is 35.3 Å². The van der Waals surface area contributed by atoms with Crippen molar-refractivity contribution in [1.29, 1.82) is 0 Å². The second-order valence-corrected chi connectivity index (χ2v) is 6.35. The Morgan fingerprint density at radius 2 is 1.92 bits per heavy atom. The molecule has 0 aromatic heterocycles. The highest BCUT2D eigenvalue weighted by molar-refractivity contribution is 6.42. The molecule has 0 bridgehead atoms. The summed E-state index contributed by atoms with van der Waals surface area (Å²) in [7, 11) is 1.58. The first kappa shape index (κ1) is 20.4. The molecular formula is C19H21Cl2NO4. The van der Waals surface area contributed by atoms with Crippen LogP contribution in [0.2, 0.25) is 10.0 Å². The molecule has 2 rings (SSSR count). The lowest BCUT2D eigenvalue weighted by atomic mass is 10.1. The lowest BCUT2D eigenvalue weighted by Gasteiger charge is -2.13. The van der Waals surface area contributed by atoms with Gasteiger partial charge in [-0.2, -0.15) is 0 Å². The molecule has 140 valence electrons. The number of carbonyl (C=O) groups is 1. The lowest BCUT2D eigenvalue weighted by Crippen LogP contribution is -2.31. The van der Waals surface area contributed by atoms with Crippen LogP contribution in [0.15, 0.2) is 36.4 Å². The number of nitrogens with one attached hydrogen (secondary N) is 1. The van der Waals surface area contributed by atoms with Crippen LogP contribution in [0.1, 0.15) is 24.2 Å². The number of rotatable bonds is 8. The smallest absolute Gasteiger partial charge is 0.253 e. The fourth-order valence-corrected chi connectivity index (χ4v) is 2.71. The standard InChI is InChI=1S/C19H21Cl2NO4/c1-3-26-16-7-4-12(10-17(16)25-2)8-9-22-19(24)18(23)13-5-6-14(20)15(21)11-13/h4-7,10-11,18,23H,3,8-9H2,1-2H3,(H,22,24). The van der Waals surface area contributed by atoms with Gasteiger partial charge in [0.15, 0.2) is 17.6 Å². The number of amides is 1. The van der Waals surface area contributed by atoms with Crippen LogP contribution in [0.5, 0.6) is 11.5 Å². The second-order valence-electron chi connectivity index (χ2n) is 5.54. The molecule has 0 spiro atoms. The van der Waals surface area contributed by atoms with Crippen LogP contribution in [0, 0.1) is 0 Å². The molecule has 0 aliphatic rings. The van der Waals surface area contributed by atoms with Gasteiger partial charge in [0.05, 0.1) is 23.8 Å². The van der Waals surface area contributed by atoms with Crippen LogP contribution in [0.25, 0.3) is 0 Å². The average molecular weight is 398 g/mol. The van der Waals surface area contributed by atoms with Gasteiger partial charge in [0.25, 0.3) is 5.91 Å². The Hall–Kier alpha value is -1.95. The van der Waals surface area contributed by atoms with E-state index in [0.29, 0.717) is 41.7 Å². The van der Waals surface area contributed by atoms with Crippen LogP contribution < -0.4 is 14.8 Å². The van der Waals surface area contributed by atoms with E-state index < -0.39 is 12.0 Å². The van der Waals surface area contributed by atoms with Crippen molar-refractivity contribution < 1.29 is 19.4 Å². The first-order valence-corrected chi connectivity index (χ1v) is 8.92. The molecule has 1 unspecified atom stereocenters. The van der Waals surface area contributed by atoms with Gasteiger partial charge in [0.2, 0.25) is 0 Å². The van der Waals surface area contributed by atoms with Gasteiger partial charge in [-0.05, 0) is 48.7 Å². The summed E-state index contributed by atoms with van der Waals surface area (Å²) >= 11 is 11.8. The second kappa shape index (κ2) is 9.67. The van der Waals surface area contributed by atoms with Crippen molar-refractivity contribution in [2.75, 3.05) is 20.3 Å². The van der Waals surface area contributed by atoms with Crippen LogP contribution in [-0.4, -0.2) is 31.3 Å². The third-order valence-electron chi connectivity index (χ3n) is 3.75. The Balaban J connectivity index is 1.92. The molecular weight excluding hydrogens is 377 g/mol. The van der Waals surface area contributed by atoms with Crippen LogP contribution in [0.4, 0.5) is 0 Å². The largest absolute Gasteiger partial charge is 0.493 e. The van der Waals surface area contributed by atoms with Crippen molar-refractivity contribution >= 4 is 29.1 Å². The third kappa shape index (κ3) is 5.27. The zero-order chi connectivity index (χ0) is 19.1. The number of halogens is 2. The maximum absolute atomic E-state index is 12.1. The number of ether oxygens (including phenoxy) is 2. The topological polar surface area (TPSA) is 67.8 Å². The number of methoxy groups -OCH3 is 1. The quantitative estimate of drug-likeness (QED) is 0.710. The molecule has 7 heteroatoms. The Kier molecular flexibility index (Phi) is 7.57. The highest BCUT2D eigenvalue weighted by atomic mass is 35.5. The Labute approximate surface area is 162 Å². The molecule has 5 nitrogen and oxygen atoms in total. The maximum atomic E-state index is 12.1. The predicted octanol–water partition coefficient (Wildman–Crippen LogP) is 3.79. The highest BCUT2D eigenvalue weighted by Gasteiger charge is 2.18. The van der Waals surface area contributed by atoms with Gasteiger partial charge < -0.3 is 19.9 Å². The van der Waals surface area contributed by atoms with Crippen molar-refractivity contribution in [3.63, 3.8) is 0 Å². The van der Waals surface area contributed by atoms with E-state index in [2.05, 4.69) is 5.32 Å². The fourth-order valence-electron chi connectivity index (χ4n) is 2.40. The zero-order valence-electron chi connectivity index (χ0n) is 14.6. The summed E-state index contributed by atoms with van der Waals surface area (Å²) in [5.41, 5.74) is 1.37. The first-order valence-electron chi connectivity index (χ1n) is 8.16. The summed E-state index contributed by atoms with van der Waals surface area (Å²) in [6, 6.07) is 10.2. The molecule has 26 heavy (non-hydrogen) atoms. The minimum Gasteiger partial charge on any atom is -0.493 e. The van der Waals surface area contributed by atoms with Gasteiger partial charge in [-0.25, -0.2) is 0 Å². The van der Waals surface area contributed by atoms with Crippen molar-refractivity contribution in [2.24, 2.45) is 0 Å². The molecule has 0 saturated heterocycles. The third-order valence-corrected chi connectivity index (χ3v) is 4.49. The van der Waals surface area contributed by atoms with E-state index in [1.165, 1.54) is 6.07 Å². The Morgan fingerprint density at radius 3 is 2.58 bits per heavy atom. The van der Waals surface area contributed by atoms with Crippen molar-refractivity contribution in [2.45, 2.75) is 19.4 Å². The van der Waals surface area contributed by atoms with Gasteiger partial charge in [0, 0.05) is 6.54 Å². The van der Waals surface area contributed by atoms with Crippen molar-refractivity contribution in [3.05, 3.63) is 57.6 Å². The summed E-state index contributed by atoms with van der Waals surface area (Å²) in [5.74, 6) is 0.825.